The van der Waals surface area contributed by atoms with Gasteiger partial charge in [-0.2, -0.15) is 16.9 Å². The van der Waals surface area contributed by atoms with Crippen LogP contribution in [0.25, 0.3) is 0 Å². The number of hydrogen-bond acceptors (Lipinski definition) is 4. The van der Waals surface area contributed by atoms with E-state index in [4.69, 9.17) is 0 Å². The Balaban J connectivity index is 1.65. The van der Waals surface area contributed by atoms with Crippen molar-refractivity contribution in [3.05, 3.63) is 18.0 Å². The predicted molar refractivity (Wildman–Crippen MR) is 85.2 cm³/mol. The molecular weight excluding hydrogens is 284 g/mol. The number of nitrogens with zero attached hydrogens (tertiary/aromatic N) is 3. The van der Waals surface area contributed by atoms with Gasteiger partial charge < -0.3 is 10.2 Å². The lowest BCUT2D eigenvalue weighted by atomic mass is 9.95. The molecule has 1 amide bonds. The fourth-order valence-corrected chi connectivity index (χ4v) is 4.55. The number of carbonyl (C=O) groups excluding carboxylic acids is 1. The van der Waals surface area contributed by atoms with E-state index >= 15 is 0 Å². The average molecular weight is 308 g/mol. The van der Waals surface area contributed by atoms with Crippen molar-refractivity contribution in [2.75, 3.05) is 25.1 Å². The third kappa shape index (κ3) is 3.26. The minimum atomic E-state index is 0.162. The number of amides is 1. The van der Waals surface area contributed by atoms with Gasteiger partial charge >= 0.3 is 0 Å². The molecule has 6 heteroatoms. The molecule has 2 aliphatic rings. The Kier molecular flexibility index (Phi) is 4.54. The molecule has 2 fully saturated rings. The number of nitrogens with one attached hydrogen (secondary N) is 1. The van der Waals surface area contributed by atoms with Crippen LogP contribution in [0.3, 0.4) is 0 Å². The summed E-state index contributed by atoms with van der Waals surface area (Å²) in [6.45, 7) is 0.918. The van der Waals surface area contributed by atoms with Crippen LogP contribution in [0.4, 0.5) is 0 Å². The van der Waals surface area contributed by atoms with Crippen LogP contribution in [0.1, 0.15) is 30.9 Å². The summed E-state index contributed by atoms with van der Waals surface area (Å²) in [5, 5.41) is 7.94. The summed E-state index contributed by atoms with van der Waals surface area (Å²) in [5.74, 6) is 3.09. The van der Waals surface area contributed by atoms with Crippen molar-refractivity contribution in [3.8, 4) is 0 Å². The van der Waals surface area contributed by atoms with Gasteiger partial charge in [-0.15, -0.1) is 0 Å². The number of thioether (sulfide) groups is 1. The molecular formula is C15H24N4OS. The first kappa shape index (κ1) is 14.9. The quantitative estimate of drug-likeness (QED) is 0.914. The van der Waals surface area contributed by atoms with E-state index in [1.54, 1.807) is 0 Å². The van der Waals surface area contributed by atoms with Gasteiger partial charge in [0.1, 0.15) is 0 Å². The van der Waals surface area contributed by atoms with Crippen LogP contribution in [0.15, 0.2) is 12.4 Å². The zero-order valence-electron chi connectivity index (χ0n) is 12.8. The summed E-state index contributed by atoms with van der Waals surface area (Å²) >= 11 is 2.03. The Hall–Kier alpha value is -1.01. The molecule has 1 N–H and O–H groups in total. The first-order chi connectivity index (χ1) is 10.1. The lowest BCUT2D eigenvalue weighted by Crippen LogP contribution is -2.38. The van der Waals surface area contributed by atoms with E-state index in [-0.39, 0.29) is 11.9 Å². The summed E-state index contributed by atoms with van der Waals surface area (Å²) in [5.41, 5.74) is 1.15. The predicted octanol–water partition coefficient (Wildman–Crippen LogP) is 1.42. The van der Waals surface area contributed by atoms with Gasteiger partial charge in [0.25, 0.3) is 0 Å². The number of hydrogen-bond donors (Lipinski definition) is 1. The molecule has 0 aromatic carbocycles. The van der Waals surface area contributed by atoms with E-state index in [2.05, 4.69) is 10.4 Å². The van der Waals surface area contributed by atoms with Crippen molar-refractivity contribution in [3.63, 3.8) is 0 Å². The van der Waals surface area contributed by atoms with Gasteiger partial charge in [-0.05, 0) is 18.6 Å². The summed E-state index contributed by atoms with van der Waals surface area (Å²) in [4.78, 5) is 14.0. The van der Waals surface area contributed by atoms with Crippen molar-refractivity contribution in [1.82, 2.24) is 20.0 Å². The zero-order valence-corrected chi connectivity index (χ0v) is 13.6. The largest absolute Gasteiger partial charge is 0.338 e. The van der Waals surface area contributed by atoms with Crippen LogP contribution < -0.4 is 5.32 Å². The Labute approximate surface area is 130 Å². The van der Waals surface area contributed by atoms with Crippen LogP contribution in [0.5, 0.6) is 0 Å². The molecule has 3 atom stereocenters. The second kappa shape index (κ2) is 6.40. The molecule has 0 saturated carbocycles. The van der Waals surface area contributed by atoms with E-state index in [0.717, 1.165) is 12.1 Å². The van der Waals surface area contributed by atoms with Crippen LogP contribution >= 0.6 is 11.8 Å². The Morgan fingerprint density at radius 2 is 2.33 bits per heavy atom. The number of rotatable bonds is 4. The summed E-state index contributed by atoms with van der Waals surface area (Å²) in [6.07, 6.45) is 7.13. The molecule has 2 aliphatic heterocycles. The Bertz CT molecular complexity index is 498. The molecule has 0 spiro atoms. The molecule has 3 rings (SSSR count). The molecule has 1 aromatic heterocycles. The third-order valence-corrected chi connectivity index (χ3v) is 5.80. The molecule has 2 saturated heterocycles. The molecule has 3 heterocycles. The number of aromatic nitrogens is 2. The first-order valence-corrected chi connectivity index (χ1v) is 8.86. The van der Waals surface area contributed by atoms with E-state index in [9.17, 15) is 4.79 Å². The Morgan fingerprint density at radius 3 is 3.00 bits per heavy atom. The van der Waals surface area contributed by atoms with Crippen molar-refractivity contribution < 1.29 is 4.79 Å². The van der Waals surface area contributed by atoms with E-state index in [1.165, 1.54) is 24.3 Å². The number of aryl methyl sites for hydroxylation is 1. The fourth-order valence-electron chi connectivity index (χ4n) is 3.44. The molecule has 0 unspecified atom stereocenters. The SMILES string of the molecule is CN1C(=O)C[C@@H](CN[C@@H]2CCCSC2)[C@@H]1c1cnn(C)c1. The second-order valence-electron chi connectivity index (χ2n) is 6.18. The highest BCUT2D eigenvalue weighted by Gasteiger charge is 2.39. The maximum atomic E-state index is 12.1. The van der Waals surface area contributed by atoms with Crippen LogP contribution in [-0.4, -0.2) is 51.7 Å². The van der Waals surface area contributed by atoms with Crippen molar-refractivity contribution in [2.45, 2.75) is 31.3 Å². The van der Waals surface area contributed by atoms with Gasteiger partial charge in [-0.3, -0.25) is 9.48 Å². The van der Waals surface area contributed by atoms with Gasteiger partial charge in [0.05, 0.1) is 12.2 Å². The van der Waals surface area contributed by atoms with E-state index < -0.39 is 0 Å². The number of likely N-dealkylation sites (tertiary alicyclic amines) is 1. The first-order valence-electron chi connectivity index (χ1n) is 7.70. The molecule has 0 bridgehead atoms. The van der Waals surface area contributed by atoms with Crippen LogP contribution in [-0.2, 0) is 11.8 Å². The van der Waals surface area contributed by atoms with Crippen molar-refractivity contribution in [2.24, 2.45) is 13.0 Å². The van der Waals surface area contributed by atoms with Gasteiger partial charge in [-0.25, -0.2) is 0 Å². The maximum absolute atomic E-state index is 12.1. The van der Waals surface area contributed by atoms with Crippen molar-refractivity contribution >= 4 is 17.7 Å². The highest BCUT2D eigenvalue weighted by molar-refractivity contribution is 7.99. The molecule has 116 valence electrons. The zero-order chi connectivity index (χ0) is 14.8. The normalized spacial score (nSPS) is 30.1. The van der Waals surface area contributed by atoms with Gasteiger partial charge in [0.15, 0.2) is 0 Å². The summed E-state index contributed by atoms with van der Waals surface area (Å²) < 4.78 is 1.81. The average Bonchev–Trinajstić information content (AvgIpc) is 3.02. The lowest BCUT2D eigenvalue weighted by Gasteiger charge is -2.27. The number of carbonyl (C=O) groups is 1. The minimum Gasteiger partial charge on any atom is -0.338 e. The lowest BCUT2D eigenvalue weighted by molar-refractivity contribution is -0.127. The van der Waals surface area contributed by atoms with Gasteiger partial charge in [0.2, 0.25) is 5.91 Å². The van der Waals surface area contributed by atoms with E-state index in [1.807, 2.05) is 47.8 Å². The maximum Gasteiger partial charge on any atom is 0.223 e. The summed E-state index contributed by atoms with van der Waals surface area (Å²) in [7, 11) is 3.84. The highest BCUT2D eigenvalue weighted by atomic mass is 32.2. The molecule has 21 heavy (non-hydrogen) atoms. The smallest absolute Gasteiger partial charge is 0.223 e. The Morgan fingerprint density at radius 1 is 1.48 bits per heavy atom. The monoisotopic (exact) mass is 308 g/mol. The highest BCUT2D eigenvalue weighted by Crippen LogP contribution is 2.36. The van der Waals surface area contributed by atoms with Gasteiger partial charge in [0, 0.05) is 56.5 Å². The fraction of sp³-hybridized carbons (Fsp3) is 0.733. The second-order valence-corrected chi connectivity index (χ2v) is 7.33. The summed E-state index contributed by atoms with van der Waals surface area (Å²) in [6, 6.07) is 0.772. The van der Waals surface area contributed by atoms with Gasteiger partial charge in [-0.1, -0.05) is 0 Å². The third-order valence-electron chi connectivity index (χ3n) is 4.59. The molecule has 0 radical (unpaired) electrons. The standard InChI is InChI=1S/C15H24N4OS/c1-18-9-12(8-17-18)15-11(6-14(20)19(15)2)7-16-13-4-3-5-21-10-13/h8-9,11,13,15-16H,3-7,10H2,1-2H3/t11-,13+,15+/m0/s1. The van der Waals surface area contributed by atoms with E-state index in [0.29, 0.717) is 18.4 Å². The molecule has 0 aliphatic carbocycles. The topological polar surface area (TPSA) is 50.2 Å². The van der Waals surface area contributed by atoms with Crippen molar-refractivity contribution in [1.29, 1.82) is 0 Å². The van der Waals surface area contributed by atoms with Crippen LogP contribution in [0, 0.1) is 5.92 Å². The van der Waals surface area contributed by atoms with Crippen LogP contribution in [0.2, 0.25) is 0 Å². The molecule has 5 nitrogen and oxygen atoms in total. The minimum absolute atomic E-state index is 0.162. The molecule has 1 aromatic rings.